The molecule has 21 heavy (non-hydrogen) atoms. The summed E-state index contributed by atoms with van der Waals surface area (Å²) in [5.41, 5.74) is 2.83. The summed E-state index contributed by atoms with van der Waals surface area (Å²) >= 11 is 0. The maximum absolute atomic E-state index is 12.5. The summed E-state index contributed by atoms with van der Waals surface area (Å²) in [5, 5.41) is 2.31. The van der Waals surface area contributed by atoms with E-state index in [0.717, 1.165) is 5.56 Å². The largest absolute Gasteiger partial charge is 0.322 e. The van der Waals surface area contributed by atoms with Crippen LogP contribution in [0.5, 0.6) is 0 Å². The standard InChI is InChI=1S/C16H18N2O3/c1-9(2)10-3-4-12-11(7-10)8-18(16(12)21)13-5-6-14(19)17-15(13)20/h3-4,7,9,13H,5-6,8H2,1-2H3,(H,17,19,20)/t13-/m1/s1. The summed E-state index contributed by atoms with van der Waals surface area (Å²) < 4.78 is 0. The summed E-state index contributed by atoms with van der Waals surface area (Å²) in [6.07, 6.45) is 0.690. The van der Waals surface area contributed by atoms with E-state index in [1.807, 2.05) is 18.2 Å². The van der Waals surface area contributed by atoms with Gasteiger partial charge in [-0.3, -0.25) is 19.7 Å². The molecule has 5 heteroatoms. The van der Waals surface area contributed by atoms with Crippen LogP contribution in [0, 0.1) is 0 Å². The molecule has 0 bridgehead atoms. The normalized spacial score (nSPS) is 21.8. The van der Waals surface area contributed by atoms with E-state index in [-0.39, 0.29) is 24.1 Å². The van der Waals surface area contributed by atoms with Crippen LogP contribution in [0.1, 0.15) is 54.1 Å². The van der Waals surface area contributed by atoms with Crippen molar-refractivity contribution in [1.29, 1.82) is 0 Å². The molecule has 110 valence electrons. The number of nitrogens with one attached hydrogen (secondary N) is 1. The predicted molar refractivity (Wildman–Crippen MR) is 76.6 cm³/mol. The molecule has 5 nitrogen and oxygen atoms in total. The lowest BCUT2D eigenvalue weighted by Gasteiger charge is -2.29. The van der Waals surface area contributed by atoms with E-state index in [2.05, 4.69) is 19.2 Å². The van der Waals surface area contributed by atoms with E-state index < -0.39 is 6.04 Å². The highest BCUT2D eigenvalue weighted by atomic mass is 16.2. The second-order valence-corrected chi connectivity index (χ2v) is 5.97. The van der Waals surface area contributed by atoms with Crippen molar-refractivity contribution in [1.82, 2.24) is 10.2 Å². The Bertz CT molecular complexity index is 636. The van der Waals surface area contributed by atoms with Gasteiger partial charge >= 0.3 is 0 Å². The maximum Gasteiger partial charge on any atom is 0.255 e. The minimum atomic E-state index is -0.537. The molecule has 1 aromatic rings. The van der Waals surface area contributed by atoms with Gasteiger partial charge in [0.15, 0.2) is 0 Å². The molecule has 2 heterocycles. The summed E-state index contributed by atoms with van der Waals surface area (Å²) in [6, 6.07) is 5.32. The van der Waals surface area contributed by atoms with Crippen molar-refractivity contribution < 1.29 is 14.4 Å². The van der Waals surface area contributed by atoms with Crippen LogP contribution >= 0.6 is 0 Å². The zero-order valence-corrected chi connectivity index (χ0v) is 12.2. The number of rotatable bonds is 2. The van der Waals surface area contributed by atoms with Crippen LogP contribution in [0.4, 0.5) is 0 Å². The Morgan fingerprint density at radius 1 is 1.24 bits per heavy atom. The molecular weight excluding hydrogens is 268 g/mol. The van der Waals surface area contributed by atoms with Gasteiger partial charge in [-0.05, 0) is 29.5 Å². The molecule has 2 aliphatic heterocycles. The first-order valence-electron chi connectivity index (χ1n) is 7.25. The molecule has 3 rings (SSSR count). The topological polar surface area (TPSA) is 66.5 Å². The summed E-state index contributed by atoms with van der Waals surface area (Å²) in [7, 11) is 0. The Morgan fingerprint density at radius 2 is 2.00 bits per heavy atom. The fraction of sp³-hybridized carbons (Fsp3) is 0.438. The molecule has 0 unspecified atom stereocenters. The minimum absolute atomic E-state index is 0.116. The third-order valence-corrected chi connectivity index (χ3v) is 4.21. The SMILES string of the molecule is CC(C)c1ccc2c(c1)CN([C@@H]1CCC(=O)NC1=O)C2=O. The molecule has 1 N–H and O–H groups in total. The van der Waals surface area contributed by atoms with Crippen LogP contribution in [0.25, 0.3) is 0 Å². The Morgan fingerprint density at radius 3 is 2.67 bits per heavy atom. The van der Waals surface area contributed by atoms with Crippen molar-refractivity contribution in [2.45, 2.75) is 45.2 Å². The van der Waals surface area contributed by atoms with Gasteiger partial charge < -0.3 is 4.90 Å². The van der Waals surface area contributed by atoms with E-state index in [0.29, 0.717) is 24.4 Å². The molecule has 1 aromatic carbocycles. The third-order valence-electron chi connectivity index (χ3n) is 4.21. The highest BCUT2D eigenvalue weighted by molar-refractivity contribution is 6.05. The van der Waals surface area contributed by atoms with Crippen LogP contribution in [0.3, 0.4) is 0 Å². The first kappa shape index (κ1) is 13.8. The predicted octanol–water partition coefficient (Wildman–Crippen LogP) is 1.57. The number of nitrogens with zero attached hydrogens (tertiary/aromatic N) is 1. The first-order chi connectivity index (χ1) is 9.97. The molecule has 0 aliphatic carbocycles. The molecule has 0 saturated carbocycles. The summed E-state index contributed by atoms with van der Waals surface area (Å²) in [4.78, 5) is 37.2. The molecule has 1 atom stereocenters. The number of hydrogen-bond donors (Lipinski definition) is 1. The third kappa shape index (κ3) is 2.33. The minimum Gasteiger partial charge on any atom is -0.322 e. The number of piperidine rings is 1. The monoisotopic (exact) mass is 286 g/mol. The van der Waals surface area contributed by atoms with Gasteiger partial charge in [-0.25, -0.2) is 0 Å². The Kier molecular flexibility index (Phi) is 3.27. The van der Waals surface area contributed by atoms with Gasteiger partial charge in [0.1, 0.15) is 6.04 Å². The smallest absolute Gasteiger partial charge is 0.255 e. The van der Waals surface area contributed by atoms with Crippen LogP contribution in [-0.2, 0) is 16.1 Å². The average Bonchev–Trinajstić information content (AvgIpc) is 2.75. The van der Waals surface area contributed by atoms with Crippen molar-refractivity contribution in [3.05, 3.63) is 34.9 Å². The van der Waals surface area contributed by atoms with E-state index in [9.17, 15) is 14.4 Å². The van der Waals surface area contributed by atoms with Crippen molar-refractivity contribution in [2.24, 2.45) is 0 Å². The van der Waals surface area contributed by atoms with Crippen LogP contribution in [0.2, 0.25) is 0 Å². The number of imide groups is 1. The van der Waals surface area contributed by atoms with Gasteiger partial charge in [-0.2, -0.15) is 0 Å². The number of carbonyl (C=O) groups is 3. The lowest BCUT2D eigenvalue weighted by molar-refractivity contribution is -0.136. The quantitative estimate of drug-likeness (QED) is 0.839. The molecule has 2 aliphatic rings. The van der Waals surface area contributed by atoms with Crippen molar-refractivity contribution >= 4 is 17.7 Å². The number of hydrogen-bond acceptors (Lipinski definition) is 3. The molecule has 3 amide bonds. The molecule has 1 fully saturated rings. The van der Waals surface area contributed by atoms with Crippen LogP contribution < -0.4 is 5.32 Å². The van der Waals surface area contributed by atoms with Crippen LogP contribution in [-0.4, -0.2) is 28.7 Å². The van der Waals surface area contributed by atoms with Gasteiger partial charge in [0.05, 0.1) is 0 Å². The van der Waals surface area contributed by atoms with Crippen LogP contribution in [0.15, 0.2) is 18.2 Å². The van der Waals surface area contributed by atoms with Crippen molar-refractivity contribution in [3.8, 4) is 0 Å². The highest BCUT2D eigenvalue weighted by Gasteiger charge is 2.39. The molecule has 0 spiro atoms. The fourth-order valence-corrected chi connectivity index (χ4v) is 2.95. The first-order valence-corrected chi connectivity index (χ1v) is 7.25. The van der Waals surface area contributed by atoms with E-state index in [4.69, 9.17) is 0 Å². The molecule has 1 saturated heterocycles. The molecular formula is C16H18N2O3. The maximum atomic E-state index is 12.5. The second kappa shape index (κ2) is 4.98. The van der Waals surface area contributed by atoms with Gasteiger partial charge in [0.2, 0.25) is 11.8 Å². The van der Waals surface area contributed by atoms with E-state index in [1.54, 1.807) is 4.90 Å². The lowest BCUT2D eigenvalue weighted by atomic mass is 9.98. The second-order valence-electron chi connectivity index (χ2n) is 5.97. The number of carbonyl (C=O) groups excluding carboxylic acids is 3. The van der Waals surface area contributed by atoms with Crippen molar-refractivity contribution in [2.75, 3.05) is 0 Å². The highest BCUT2D eigenvalue weighted by Crippen LogP contribution is 2.29. The average molecular weight is 286 g/mol. The molecule has 0 radical (unpaired) electrons. The summed E-state index contributed by atoms with van der Waals surface area (Å²) in [5.74, 6) is -0.344. The summed E-state index contributed by atoms with van der Waals surface area (Å²) in [6.45, 7) is 4.66. The lowest BCUT2D eigenvalue weighted by Crippen LogP contribution is -2.52. The Labute approximate surface area is 123 Å². The van der Waals surface area contributed by atoms with Crippen molar-refractivity contribution in [3.63, 3.8) is 0 Å². The zero-order chi connectivity index (χ0) is 15.1. The zero-order valence-electron chi connectivity index (χ0n) is 12.2. The number of fused-ring (bicyclic) bond motifs is 1. The van der Waals surface area contributed by atoms with Gasteiger partial charge in [0, 0.05) is 18.5 Å². The van der Waals surface area contributed by atoms with Gasteiger partial charge in [0.25, 0.3) is 5.91 Å². The van der Waals surface area contributed by atoms with E-state index in [1.165, 1.54) is 5.56 Å². The number of benzene rings is 1. The van der Waals surface area contributed by atoms with E-state index >= 15 is 0 Å². The van der Waals surface area contributed by atoms with Gasteiger partial charge in [-0.1, -0.05) is 26.0 Å². The van der Waals surface area contributed by atoms with Gasteiger partial charge in [-0.15, -0.1) is 0 Å². The Hall–Kier alpha value is -2.17. The fourth-order valence-electron chi connectivity index (χ4n) is 2.95. The number of amides is 3. The Balaban J connectivity index is 1.86. The molecule has 0 aromatic heterocycles.